The molecule has 6 heteroatoms. The second kappa shape index (κ2) is 5.13. The number of fused-ring (bicyclic) bond motifs is 1. The Morgan fingerprint density at radius 3 is 2.60 bits per heavy atom. The van der Waals surface area contributed by atoms with Crippen molar-refractivity contribution in [3.05, 3.63) is 18.5 Å². The minimum Gasteiger partial charge on any atom is -0.493 e. The van der Waals surface area contributed by atoms with E-state index in [1.165, 1.54) is 0 Å². The molecule has 1 aromatic heterocycles. The van der Waals surface area contributed by atoms with Gasteiger partial charge in [0.25, 0.3) is 0 Å². The smallest absolute Gasteiger partial charge is 0.162 e. The highest BCUT2D eigenvalue weighted by atomic mass is 16.5. The minimum atomic E-state index is 0.208. The fraction of sp³-hybridized carbons (Fsp3) is 0.429. The molecule has 0 saturated carbocycles. The van der Waals surface area contributed by atoms with Gasteiger partial charge in [0.2, 0.25) is 0 Å². The van der Waals surface area contributed by atoms with Crippen molar-refractivity contribution < 1.29 is 9.47 Å². The van der Waals surface area contributed by atoms with Crippen LogP contribution in [0.5, 0.6) is 11.5 Å². The summed E-state index contributed by atoms with van der Waals surface area (Å²) in [7, 11) is 3.24. The van der Waals surface area contributed by atoms with E-state index in [1.54, 1.807) is 20.5 Å². The number of nitrogens with zero attached hydrogens (tertiary/aromatic N) is 3. The second-order valence-corrected chi connectivity index (χ2v) is 4.92. The van der Waals surface area contributed by atoms with Crippen LogP contribution in [0.25, 0.3) is 10.9 Å². The van der Waals surface area contributed by atoms with Gasteiger partial charge in [-0.2, -0.15) is 0 Å². The summed E-state index contributed by atoms with van der Waals surface area (Å²) in [6, 6.07) is 4.00. The maximum Gasteiger partial charge on any atom is 0.162 e. The average molecular weight is 274 g/mol. The summed E-state index contributed by atoms with van der Waals surface area (Å²) in [4.78, 5) is 10.9. The van der Waals surface area contributed by atoms with Gasteiger partial charge in [0.15, 0.2) is 11.5 Å². The maximum atomic E-state index is 5.98. The number of hydrogen-bond acceptors (Lipinski definition) is 6. The lowest BCUT2D eigenvalue weighted by Crippen LogP contribution is -2.27. The van der Waals surface area contributed by atoms with E-state index in [0.29, 0.717) is 11.5 Å². The molecule has 1 aliphatic heterocycles. The Morgan fingerprint density at radius 2 is 1.95 bits per heavy atom. The Bertz CT molecular complexity index is 632. The van der Waals surface area contributed by atoms with Crippen molar-refractivity contribution in [3.63, 3.8) is 0 Å². The molecule has 1 aliphatic rings. The van der Waals surface area contributed by atoms with E-state index in [0.717, 1.165) is 36.2 Å². The van der Waals surface area contributed by atoms with Crippen LogP contribution in [0.1, 0.15) is 6.42 Å². The molecule has 0 amide bonds. The van der Waals surface area contributed by atoms with Crippen molar-refractivity contribution in [2.45, 2.75) is 12.5 Å². The lowest BCUT2D eigenvalue weighted by atomic mass is 10.2. The van der Waals surface area contributed by atoms with E-state index < -0.39 is 0 Å². The first kappa shape index (κ1) is 12.9. The SMILES string of the molecule is COc1cc2ncnc(N3CCC(N)C3)c2cc1OC. The van der Waals surface area contributed by atoms with Gasteiger partial charge in [0.1, 0.15) is 12.1 Å². The lowest BCUT2D eigenvalue weighted by Gasteiger charge is -2.19. The summed E-state index contributed by atoms with van der Waals surface area (Å²) in [5.41, 5.74) is 6.82. The molecular weight excluding hydrogens is 256 g/mol. The number of anilines is 1. The highest BCUT2D eigenvalue weighted by Crippen LogP contribution is 2.35. The van der Waals surface area contributed by atoms with E-state index in [4.69, 9.17) is 15.2 Å². The molecule has 20 heavy (non-hydrogen) atoms. The summed E-state index contributed by atoms with van der Waals surface area (Å²) in [5, 5.41) is 0.958. The number of benzene rings is 1. The third-order valence-electron chi connectivity index (χ3n) is 3.64. The number of methoxy groups -OCH3 is 2. The van der Waals surface area contributed by atoms with E-state index >= 15 is 0 Å². The van der Waals surface area contributed by atoms with Crippen LogP contribution >= 0.6 is 0 Å². The monoisotopic (exact) mass is 274 g/mol. The van der Waals surface area contributed by atoms with Crippen molar-refractivity contribution in [2.24, 2.45) is 5.73 Å². The largest absolute Gasteiger partial charge is 0.493 e. The fourth-order valence-electron chi connectivity index (χ4n) is 2.60. The van der Waals surface area contributed by atoms with Crippen molar-refractivity contribution >= 4 is 16.7 Å². The lowest BCUT2D eigenvalue weighted by molar-refractivity contribution is 0.356. The number of aromatic nitrogens is 2. The average Bonchev–Trinajstić information content (AvgIpc) is 2.91. The zero-order chi connectivity index (χ0) is 14.1. The Kier molecular flexibility index (Phi) is 3.31. The standard InChI is InChI=1S/C14H18N4O2/c1-19-12-5-10-11(6-13(12)20-2)16-8-17-14(10)18-4-3-9(15)7-18/h5-6,8-9H,3-4,7,15H2,1-2H3. The normalized spacial score (nSPS) is 18.6. The van der Waals surface area contributed by atoms with Crippen LogP contribution in [0.3, 0.4) is 0 Å². The first-order valence-corrected chi connectivity index (χ1v) is 6.60. The molecule has 1 atom stereocenters. The zero-order valence-corrected chi connectivity index (χ0v) is 11.7. The molecular formula is C14H18N4O2. The molecule has 1 fully saturated rings. The molecule has 2 heterocycles. The molecule has 0 bridgehead atoms. The third kappa shape index (κ3) is 2.12. The number of ether oxygens (including phenoxy) is 2. The highest BCUT2D eigenvalue weighted by molar-refractivity contribution is 5.92. The van der Waals surface area contributed by atoms with Gasteiger partial charge < -0.3 is 20.1 Å². The van der Waals surface area contributed by atoms with Crippen LogP contribution in [0, 0.1) is 0 Å². The Morgan fingerprint density at radius 1 is 1.20 bits per heavy atom. The topological polar surface area (TPSA) is 73.5 Å². The summed E-state index contributed by atoms with van der Waals surface area (Å²) >= 11 is 0. The molecule has 3 rings (SSSR count). The van der Waals surface area contributed by atoms with Crippen LogP contribution in [0.15, 0.2) is 18.5 Å². The van der Waals surface area contributed by atoms with Gasteiger partial charge in [0.05, 0.1) is 19.7 Å². The summed E-state index contributed by atoms with van der Waals surface area (Å²) in [5.74, 6) is 2.26. The van der Waals surface area contributed by atoms with Gasteiger partial charge in [-0.25, -0.2) is 9.97 Å². The van der Waals surface area contributed by atoms with Crippen molar-refractivity contribution in [2.75, 3.05) is 32.2 Å². The first-order chi connectivity index (χ1) is 9.72. The second-order valence-electron chi connectivity index (χ2n) is 4.92. The zero-order valence-electron chi connectivity index (χ0n) is 11.7. The van der Waals surface area contributed by atoms with Gasteiger partial charge in [0, 0.05) is 30.6 Å². The third-order valence-corrected chi connectivity index (χ3v) is 3.64. The van der Waals surface area contributed by atoms with Gasteiger partial charge in [-0.15, -0.1) is 0 Å². The molecule has 0 spiro atoms. The molecule has 106 valence electrons. The van der Waals surface area contributed by atoms with Gasteiger partial charge in [-0.3, -0.25) is 0 Å². The van der Waals surface area contributed by atoms with E-state index in [9.17, 15) is 0 Å². The first-order valence-electron chi connectivity index (χ1n) is 6.60. The van der Waals surface area contributed by atoms with Crippen LogP contribution < -0.4 is 20.1 Å². The summed E-state index contributed by atoms with van der Waals surface area (Å²) < 4.78 is 10.7. The molecule has 2 aromatic rings. The van der Waals surface area contributed by atoms with Gasteiger partial charge in [-0.05, 0) is 12.5 Å². The number of nitrogens with two attached hydrogens (primary N) is 1. The van der Waals surface area contributed by atoms with E-state index in [2.05, 4.69) is 14.9 Å². The Labute approximate surface area is 117 Å². The molecule has 1 unspecified atom stereocenters. The van der Waals surface area contributed by atoms with Crippen molar-refractivity contribution in [1.82, 2.24) is 9.97 Å². The molecule has 2 N–H and O–H groups in total. The fourth-order valence-corrected chi connectivity index (χ4v) is 2.60. The predicted molar refractivity (Wildman–Crippen MR) is 77.4 cm³/mol. The maximum absolute atomic E-state index is 5.98. The van der Waals surface area contributed by atoms with Crippen molar-refractivity contribution in [1.29, 1.82) is 0 Å². The number of rotatable bonds is 3. The molecule has 0 aliphatic carbocycles. The number of hydrogen-bond donors (Lipinski definition) is 1. The Hall–Kier alpha value is -2.08. The summed E-state index contributed by atoms with van der Waals surface area (Å²) in [6.45, 7) is 1.74. The van der Waals surface area contributed by atoms with Crippen molar-refractivity contribution in [3.8, 4) is 11.5 Å². The molecule has 1 saturated heterocycles. The van der Waals surface area contributed by atoms with Gasteiger partial charge in [-0.1, -0.05) is 0 Å². The Balaban J connectivity index is 2.13. The van der Waals surface area contributed by atoms with Gasteiger partial charge >= 0.3 is 0 Å². The molecule has 0 radical (unpaired) electrons. The quantitative estimate of drug-likeness (QED) is 0.906. The molecule has 6 nitrogen and oxygen atoms in total. The molecule has 1 aromatic carbocycles. The van der Waals surface area contributed by atoms with E-state index in [-0.39, 0.29) is 6.04 Å². The summed E-state index contributed by atoms with van der Waals surface area (Å²) in [6.07, 6.45) is 2.56. The van der Waals surface area contributed by atoms with Crippen LogP contribution in [-0.4, -0.2) is 43.3 Å². The van der Waals surface area contributed by atoms with Crippen LogP contribution in [0.4, 0.5) is 5.82 Å². The minimum absolute atomic E-state index is 0.208. The van der Waals surface area contributed by atoms with Crippen LogP contribution in [0.2, 0.25) is 0 Å². The van der Waals surface area contributed by atoms with E-state index in [1.807, 2.05) is 12.1 Å². The highest BCUT2D eigenvalue weighted by Gasteiger charge is 2.22. The predicted octanol–water partition coefficient (Wildman–Crippen LogP) is 1.18. The van der Waals surface area contributed by atoms with Crippen LogP contribution in [-0.2, 0) is 0 Å².